The maximum atomic E-state index is 14.6. The third kappa shape index (κ3) is 5.68. The Morgan fingerprint density at radius 2 is 1.90 bits per heavy atom. The van der Waals surface area contributed by atoms with Crippen molar-refractivity contribution >= 4 is 41.9 Å². The van der Waals surface area contributed by atoms with E-state index in [1.807, 2.05) is 22.8 Å². The Hall–Kier alpha value is -2.22. The largest absolute Gasteiger partial charge is 0.349 e. The molecule has 1 aromatic carbocycles. The zero-order valence-corrected chi connectivity index (χ0v) is 18.1. The summed E-state index contributed by atoms with van der Waals surface area (Å²) in [7, 11) is 0. The summed E-state index contributed by atoms with van der Waals surface area (Å²) in [6, 6.07) is 11.9. The van der Waals surface area contributed by atoms with Gasteiger partial charge in [0.25, 0.3) is 5.91 Å². The molecular formula is C21H26Cl2FN5O. The maximum absolute atomic E-state index is 14.6. The van der Waals surface area contributed by atoms with Crippen molar-refractivity contribution in [1.82, 2.24) is 25.2 Å². The fourth-order valence-electron chi connectivity index (χ4n) is 3.52. The summed E-state index contributed by atoms with van der Waals surface area (Å²) < 4.78 is 16.6. The molecule has 3 heterocycles. The number of nitrogens with zero attached hydrogens (tertiary/aromatic N) is 3. The van der Waals surface area contributed by atoms with Gasteiger partial charge in [-0.05, 0) is 44.0 Å². The van der Waals surface area contributed by atoms with Crippen molar-refractivity contribution < 1.29 is 9.18 Å². The van der Waals surface area contributed by atoms with Crippen LogP contribution in [0, 0.1) is 0 Å². The van der Waals surface area contributed by atoms with Crippen LogP contribution in [0.2, 0.25) is 0 Å². The summed E-state index contributed by atoms with van der Waals surface area (Å²) in [5.41, 5.74) is 1.72. The number of amides is 1. The number of benzene rings is 1. The quantitative estimate of drug-likeness (QED) is 0.600. The lowest BCUT2D eigenvalue weighted by molar-refractivity contribution is 0.0837. The highest BCUT2D eigenvalue weighted by Gasteiger charge is 2.32. The number of carbonyl (C=O) groups excluding carboxylic acids is 1. The average molecular weight is 454 g/mol. The first-order chi connectivity index (χ1) is 13.6. The molecule has 1 fully saturated rings. The number of imidazole rings is 1. The van der Waals surface area contributed by atoms with E-state index in [-0.39, 0.29) is 37.3 Å². The Labute approximate surface area is 187 Å². The van der Waals surface area contributed by atoms with Gasteiger partial charge in [-0.25, -0.2) is 14.4 Å². The average Bonchev–Trinajstić information content (AvgIpc) is 3.14. The predicted octanol–water partition coefficient (Wildman–Crippen LogP) is 3.34. The second-order valence-corrected chi connectivity index (χ2v) is 7.32. The minimum absolute atomic E-state index is 0. The molecule has 9 heteroatoms. The molecule has 0 aliphatic carbocycles. The smallest absolute Gasteiger partial charge is 0.253 e. The Morgan fingerprint density at radius 3 is 2.63 bits per heavy atom. The molecule has 0 atom stereocenters. The van der Waals surface area contributed by atoms with E-state index in [4.69, 9.17) is 0 Å². The lowest BCUT2D eigenvalue weighted by Gasteiger charge is -2.30. The number of rotatable bonds is 6. The van der Waals surface area contributed by atoms with Gasteiger partial charge in [0.2, 0.25) is 0 Å². The summed E-state index contributed by atoms with van der Waals surface area (Å²) in [4.78, 5) is 21.2. The van der Waals surface area contributed by atoms with Gasteiger partial charge >= 0.3 is 0 Å². The Morgan fingerprint density at radius 1 is 1.17 bits per heavy atom. The summed E-state index contributed by atoms with van der Waals surface area (Å²) in [6.07, 6.45) is 4.98. The third-order valence-electron chi connectivity index (χ3n) is 5.27. The molecule has 2 N–H and O–H groups in total. The number of aromatic nitrogens is 3. The Kier molecular flexibility index (Phi) is 8.58. The van der Waals surface area contributed by atoms with Crippen molar-refractivity contribution in [3.8, 4) is 0 Å². The van der Waals surface area contributed by atoms with E-state index in [0.29, 0.717) is 37.0 Å². The van der Waals surface area contributed by atoms with Crippen LogP contribution in [0.4, 0.5) is 4.39 Å². The van der Waals surface area contributed by atoms with Crippen molar-refractivity contribution in [3.63, 3.8) is 0 Å². The van der Waals surface area contributed by atoms with Gasteiger partial charge in [-0.3, -0.25) is 4.79 Å². The number of alkyl halides is 1. The first kappa shape index (κ1) is 24.1. The van der Waals surface area contributed by atoms with E-state index in [1.165, 1.54) is 11.8 Å². The molecular weight excluding hydrogens is 428 g/mol. The Bertz CT molecular complexity index is 960. The maximum Gasteiger partial charge on any atom is 0.253 e. The van der Waals surface area contributed by atoms with Crippen LogP contribution in [0.3, 0.4) is 0 Å². The molecule has 1 aliphatic heterocycles. The lowest BCUT2D eigenvalue weighted by Crippen LogP contribution is -2.46. The molecule has 0 spiro atoms. The van der Waals surface area contributed by atoms with Gasteiger partial charge in [-0.15, -0.1) is 24.8 Å². The highest BCUT2D eigenvalue weighted by molar-refractivity contribution is 5.96. The Balaban J connectivity index is 0.00000160. The number of aryl methyl sites for hydroxylation is 2. The minimum Gasteiger partial charge on any atom is -0.349 e. The summed E-state index contributed by atoms with van der Waals surface area (Å²) in [5.74, 6) is -0.316. The van der Waals surface area contributed by atoms with Crippen LogP contribution in [-0.4, -0.2) is 45.7 Å². The molecule has 0 saturated carbocycles. The molecule has 0 unspecified atom stereocenters. The zero-order chi connectivity index (χ0) is 19.4. The van der Waals surface area contributed by atoms with Gasteiger partial charge in [0.1, 0.15) is 11.2 Å². The highest BCUT2D eigenvalue weighted by atomic mass is 35.5. The number of piperidine rings is 1. The van der Waals surface area contributed by atoms with E-state index in [1.54, 1.807) is 12.4 Å². The van der Waals surface area contributed by atoms with Gasteiger partial charge in [-0.1, -0.05) is 30.3 Å². The van der Waals surface area contributed by atoms with Crippen LogP contribution in [0.15, 0.2) is 48.9 Å². The number of halogens is 3. The third-order valence-corrected chi connectivity index (χ3v) is 5.27. The van der Waals surface area contributed by atoms with Gasteiger partial charge in [-0.2, -0.15) is 0 Å². The lowest BCUT2D eigenvalue weighted by atomic mass is 9.94. The standard InChI is InChI=1S/C21H24FN5O.2ClH/c22-21(7-9-23-10-8-21)14-25-20(28)17-12-18-19(24-13-17)27(15-26-18)11-6-16-4-2-1-3-5-16;;/h1-5,12-13,15,23H,6-11,14H2,(H,25,28);2*1H. The van der Waals surface area contributed by atoms with Crippen LogP contribution in [0.25, 0.3) is 11.2 Å². The number of hydrogen-bond acceptors (Lipinski definition) is 4. The molecule has 1 amide bonds. The second-order valence-electron chi connectivity index (χ2n) is 7.32. The van der Waals surface area contributed by atoms with E-state index in [2.05, 4.69) is 32.7 Å². The zero-order valence-electron chi connectivity index (χ0n) is 16.5. The van der Waals surface area contributed by atoms with Crippen LogP contribution >= 0.6 is 24.8 Å². The molecule has 1 aliphatic rings. The van der Waals surface area contributed by atoms with Crippen molar-refractivity contribution in [1.29, 1.82) is 0 Å². The number of carbonyl (C=O) groups is 1. The fraction of sp³-hybridized carbons (Fsp3) is 0.381. The van der Waals surface area contributed by atoms with E-state index in [0.717, 1.165) is 18.6 Å². The number of fused-ring (bicyclic) bond motifs is 1. The van der Waals surface area contributed by atoms with E-state index in [9.17, 15) is 9.18 Å². The molecule has 6 nitrogen and oxygen atoms in total. The van der Waals surface area contributed by atoms with Crippen LogP contribution in [-0.2, 0) is 13.0 Å². The predicted molar refractivity (Wildman–Crippen MR) is 120 cm³/mol. The summed E-state index contributed by atoms with van der Waals surface area (Å²) >= 11 is 0. The molecule has 0 bridgehead atoms. The van der Waals surface area contributed by atoms with E-state index < -0.39 is 5.67 Å². The van der Waals surface area contributed by atoms with Gasteiger partial charge in [0.05, 0.1) is 18.4 Å². The van der Waals surface area contributed by atoms with Crippen LogP contribution < -0.4 is 10.6 Å². The van der Waals surface area contributed by atoms with Crippen LogP contribution in [0.5, 0.6) is 0 Å². The van der Waals surface area contributed by atoms with Crippen LogP contribution in [0.1, 0.15) is 28.8 Å². The van der Waals surface area contributed by atoms with Gasteiger partial charge in [0.15, 0.2) is 5.65 Å². The SMILES string of the molecule is Cl.Cl.O=C(NCC1(F)CCNCC1)c1cnc2c(c1)ncn2CCc1ccccc1. The monoisotopic (exact) mass is 453 g/mol. The van der Waals surface area contributed by atoms with Gasteiger partial charge in [0, 0.05) is 12.7 Å². The molecule has 3 aromatic rings. The molecule has 162 valence electrons. The molecule has 2 aromatic heterocycles. The fourth-order valence-corrected chi connectivity index (χ4v) is 3.52. The van der Waals surface area contributed by atoms with Crippen molar-refractivity contribution in [2.24, 2.45) is 0 Å². The topological polar surface area (TPSA) is 71.8 Å². The summed E-state index contributed by atoms with van der Waals surface area (Å²) in [6.45, 7) is 2.06. The van der Waals surface area contributed by atoms with E-state index >= 15 is 0 Å². The van der Waals surface area contributed by atoms with Crippen molar-refractivity contribution in [2.45, 2.75) is 31.5 Å². The number of hydrogen-bond donors (Lipinski definition) is 2. The first-order valence-electron chi connectivity index (χ1n) is 9.66. The second kappa shape index (κ2) is 10.7. The van der Waals surface area contributed by atoms with Crippen molar-refractivity contribution in [2.75, 3.05) is 19.6 Å². The molecule has 1 saturated heterocycles. The summed E-state index contributed by atoms with van der Waals surface area (Å²) in [5, 5.41) is 5.84. The highest BCUT2D eigenvalue weighted by Crippen LogP contribution is 2.22. The number of pyridine rings is 1. The molecule has 4 rings (SSSR count). The normalized spacial score (nSPS) is 15.1. The van der Waals surface area contributed by atoms with Gasteiger partial charge < -0.3 is 15.2 Å². The van der Waals surface area contributed by atoms with Crippen molar-refractivity contribution in [3.05, 3.63) is 60.0 Å². The molecule has 0 radical (unpaired) electrons. The molecule has 30 heavy (non-hydrogen) atoms. The first-order valence-corrected chi connectivity index (χ1v) is 9.66. The number of nitrogens with one attached hydrogen (secondary N) is 2. The minimum atomic E-state index is -1.34.